The summed E-state index contributed by atoms with van der Waals surface area (Å²) in [6, 6.07) is 6.06. The van der Waals surface area contributed by atoms with E-state index in [2.05, 4.69) is 6.07 Å². The van der Waals surface area contributed by atoms with Crippen molar-refractivity contribution in [2.75, 3.05) is 18.5 Å². The van der Waals surface area contributed by atoms with Gasteiger partial charge in [-0.15, -0.1) is 0 Å². The average Bonchev–Trinajstić information content (AvgIpc) is 2.61. The van der Waals surface area contributed by atoms with E-state index in [0.717, 1.165) is 29.7 Å². The number of benzene rings is 1. The molecule has 0 saturated carbocycles. The summed E-state index contributed by atoms with van der Waals surface area (Å²) in [7, 11) is 1.81. The Hall–Kier alpha value is -1.39. The van der Waals surface area contributed by atoms with E-state index in [4.69, 9.17) is 11.5 Å². The second-order valence-corrected chi connectivity index (χ2v) is 4.56. The lowest BCUT2D eigenvalue weighted by atomic mass is 9.99. The van der Waals surface area contributed by atoms with Gasteiger partial charge in [0.1, 0.15) is 0 Å². The number of hydrogen-bond donors (Lipinski definition) is 2. The standard InChI is InChI=1S/C13H19N3O/c1-16-12-5-4-9(11(15)3-2-6-14)7-10(12)8-13(16)17/h4-5,7,11H,2-3,6,8,14-15H2,1H3. The summed E-state index contributed by atoms with van der Waals surface area (Å²) < 4.78 is 0. The van der Waals surface area contributed by atoms with Crippen LogP contribution in [0.25, 0.3) is 0 Å². The Morgan fingerprint density at radius 2 is 2.24 bits per heavy atom. The number of hydrogen-bond acceptors (Lipinski definition) is 3. The molecule has 0 aromatic heterocycles. The normalized spacial score (nSPS) is 16.2. The largest absolute Gasteiger partial charge is 0.330 e. The zero-order chi connectivity index (χ0) is 12.4. The van der Waals surface area contributed by atoms with Gasteiger partial charge in [-0.2, -0.15) is 0 Å². The van der Waals surface area contributed by atoms with Gasteiger partial charge in [-0.1, -0.05) is 12.1 Å². The zero-order valence-electron chi connectivity index (χ0n) is 10.1. The average molecular weight is 233 g/mol. The first kappa shape index (κ1) is 12.1. The Bertz CT molecular complexity index is 431. The molecule has 2 rings (SSSR count). The molecule has 1 aromatic rings. The van der Waals surface area contributed by atoms with Crippen LogP contribution in [0.15, 0.2) is 18.2 Å². The van der Waals surface area contributed by atoms with Crippen molar-refractivity contribution in [3.8, 4) is 0 Å². The molecule has 0 radical (unpaired) electrons. The molecule has 4 nitrogen and oxygen atoms in total. The van der Waals surface area contributed by atoms with E-state index in [1.54, 1.807) is 4.90 Å². The number of nitrogens with zero attached hydrogens (tertiary/aromatic N) is 1. The highest BCUT2D eigenvalue weighted by atomic mass is 16.2. The van der Waals surface area contributed by atoms with Crippen molar-refractivity contribution in [1.82, 2.24) is 0 Å². The second kappa shape index (κ2) is 4.85. The summed E-state index contributed by atoms with van der Waals surface area (Å²) in [6.45, 7) is 0.667. The quantitative estimate of drug-likeness (QED) is 0.813. The van der Waals surface area contributed by atoms with E-state index in [1.165, 1.54) is 0 Å². The molecule has 1 atom stereocenters. The molecule has 1 aromatic carbocycles. The maximum Gasteiger partial charge on any atom is 0.231 e. The predicted molar refractivity (Wildman–Crippen MR) is 68.8 cm³/mol. The summed E-state index contributed by atoms with van der Waals surface area (Å²) in [5, 5.41) is 0. The van der Waals surface area contributed by atoms with Crippen LogP contribution in [0.2, 0.25) is 0 Å². The van der Waals surface area contributed by atoms with Crippen molar-refractivity contribution in [3.63, 3.8) is 0 Å². The second-order valence-electron chi connectivity index (χ2n) is 4.56. The number of anilines is 1. The van der Waals surface area contributed by atoms with Crippen LogP contribution in [0.4, 0.5) is 5.69 Å². The Labute approximate surface area is 102 Å². The fraction of sp³-hybridized carbons (Fsp3) is 0.462. The van der Waals surface area contributed by atoms with Gasteiger partial charge in [-0.25, -0.2) is 0 Å². The molecule has 4 N–H and O–H groups in total. The Balaban J connectivity index is 2.18. The highest BCUT2D eigenvalue weighted by Crippen LogP contribution is 2.30. The van der Waals surface area contributed by atoms with Crippen LogP contribution >= 0.6 is 0 Å². The zero-order valence-corrected chi connectivity index (χ0v) is 10.1. The molecule has 0 spiro atoms. The van der Waals surface area contributed by atoms with Crippen LogP contribution in [-0.2, 0) is 11.2 Å². The summed E-state index contributed by atoms with van der Waals surface area (Å²) in [4.78, 5) is 13.3. The van der Waals surface area contributed by atoms with Crippen molar-refractivity contribution < 1.29 is 4.79 Å². The molecule has 0 bridgehead atoms. The number of rotatable bonds is 4. The maximum atomic E-state index is 11.6. The number of fused-ring (bicyclic) bond motifs is 1. The Morgan fingerprint density at radius 3 is 2.94 bits per heavy atom. The number of likely N-dealkylation sites (N-methyl/N-ethyl adjacent to an activating group) is 1. The van der Waals surface area contributed by atoms with Crippen LogP contribution in [0, 0.1) is 0 Å². The van der Waals surface area contributed by atoms with E-state index in [9.17, 15) is 4.79 Å². The van der Waals surface area contributed by atoms with E-state index >= 15 is 0 Å². The third-order valence-corrected chi connectivity index (χ3v) is 3.33. The molecule has 1 amide bonds. The van der Waals surface area contributed by atoms with Crippen LogP contribution < -0.4 is 16.4 Å². The van der Waals surface area contributed by atoms with Gasteiger partial charge >= 0.3 is 0 Å². The molecule has 4 heteroatoms. The van der Waals surface area contributed by atoms with Crippen molar-refractivity contribution in [2.24, 2.45) is 11.5 Å². The molecular formula is C13H19N3O. The smallest absolute Gasteiger partial charge is 0.231 e. The number of carbonyl (C=O) groups excluding carboxylic acids is 1. The first-order valence-electron chi connectivity index (χ1n) is 5.98. The van der Waals surface area contributed by atoms with Gasteiger partial charge in [0.05, 0.1) is 6.42 Å². The molecule has 1 aliphatic rings. The minimum Gasteiger partial charge on any atom is -0.330 e. The van der Waals surface area contributed by atoms with Crippen molar-refractivity contribution in [2.45, 2.75) is 25.3 Å². The third-order valence-electron chi connectivity index (χ3n) is 3.33. The first-order valence-corrected chi connectivity index (χ1v) is 5.98. The van der Waals surface area contributed by atoms with Gasteiger partial charge in [-0.3, -0.25) is 4.79 Å². The van der Waals surface area contributed by atoms with Crippen molar-refractivity contribution in [1.29, 1.82) is 0 Å². The number of amides is 1. The number of nitrogens with two attached hydrogens (primary N) is 2. The molecule has 92 valence electrons. The topological polar surface area (TPSA) is 72.3 Å². The lowest BCUT2D eigenvalue weighted by Crippen LogP contribution is -2.20. The molecule has 1 heterocycles. The monoisotopic (exact) mass is 233 g/mol. The molecule has 0 fully saturated rings. The van der Waals surface area contributed by atoms with Crippen LogP contribution in [-0.4, -0.2) is 19.5 Å². The van der Waals surface area contributed by atoms with Gasteiger partial charge in [0.25, 0.3) is 0 Å². The van der Waals surface area contributed by atoms with Gasteiger partial charge in [0, 0.05) is 18.8 Å². The molecule has 0 aliphatic carbocycles. The summed E-state index contributed by atoms with van der Waals surface area (Å²) in [5.74, 6) is 0.146. The molecule has 1 aliphatic heterocycles. The van der Waals surface area contributed by atoms with Crippen molar-refractivity contribution in [3.05, 3.63) is 29.3 Å². The summed E-state index contributed by atoms with van der Waals surface area (Å²) in [5.41, 5.74) is 14.7. The van der Waals surface area contributed by atoms with E-state index < -0.39 is 0 Å². The predicted octanol–water partition coefficient (Wildman–Crippen LogP) is 0.944. The van der Waals surface area contributed by atoms with Gasteiger partial charge in [0.15, 0.2) is 0 Å². The van der Waals surface area contributed by atoms with E-state index in [0.29, 0.717) is 13.0 Å². The van der Waals surface area contributed by atoms with Gasteiger partial charge in [-0.05, 0) is 36.6 Å². The fourth-order valence-electron chi connectivity index (χ4n) is 2.23. The van der Waals surface area contributed by atoms with Crippen LogP contribution in [0.5, 0.6) is 0 Å². The Morgan fingerprint density at radius 1 is 1.47 bits per heavy atom. The van der Waals surface area contributed by atoms with Crippen LogP contribution in [0.3, 0.4) is 0 Å². The minimum absolute atomic E-state index is 0.0184. The third kappa shape index (κ3) is 2.33. The minimum atomic E-state index is 0.0184. The SMILES string of the molecule is CN1C(=O)Cc2cc(C(N)CCCN)ccc21. The molecule has 1 unspecified atom stereocenters. The molecular weight excluding hydrogens is 214 g/mol. The van der Waals surface area contributed by atoms with Crippen LogP contribution in [0.1, 0.15) is 30.0 Å². The highest BCUT2D eigenvalue weighted by molar-refractivity contribution is 6.00. The summed E-state index contributed by atoms with van der Waals surface area (Å²) in [6.07, 6.45) is 2.30. The van der Waals surface area contributed by atoms with Gasteiger partial charge in [0.2, 0.25) is 5.91 Å². The number of carbonyl (C=O) groups is 1. The molecule has 17 heavy (non-hydrogen) atoms. The maximum absolute atomic E-state index is 11.6. The lowest BCUT2D eigenvalue weighted by molar-refractivity contribution is -0.117. The van der Waals surface area contributed by atoms with E-state index in [-0.39, 0.29) is 11.9 Å². The Kier molecular flexibility index (Phi) is 3.45. The summed E-state index contributed by atoms with van der Waals surface area (Å²) >= 11 is 0. The van der Waals surface area contributed by atoms with E-state index in [1.807, 2.05) is 19.2 Å². The fourth-order valence-corrected chi connectivity index (χ4v) is 2.23. The first-order chi connectivity index (χ1) is 8.13. The highest BCUT2D eigenvalue weighted by Gasteiger charge is 2.24. The van der Waals surface area contributed by atoms with Crippen molar-refractivity contribution >= 4 is 11.6 Å². The molecule has 0 saturated heterocycles. The lowest BCUT2D eigenvalue weighted by Gasteiger charge is -2.14. The van der Waals surface area contributed by atoms with Gasteiger partial charge < -0.3 is 16.4 Å².